The number of nitrogens with zero attached hydrogens (tertiary/aromatic N) is 1. The topological polar surface area (TPSA) is 49.4 Å². The Labute approximate surface area is 131 Å². The van der Waals surface area contributed by atoms with Crippen LogP contribution in [0.1, 0.15) is 43.6 Å². The van der Waals surface area contributed by atoms with Crippen LogP contribution < -0.4 is 5.32 Å². The Bertz CT molecular complexity index is 523. The Morgan fingerprint density at radius 1 is 1.14 bits per heavy atom. The number of amides is 2. The molecule has 1 N–H and O–H groups in total. The van der Waals surface area contributed by atoms with Crippen molar-refractivity contribution in [2.45, 2.75) is 38.0 Å². The smallest absolute Gasteiger partial charge is 0.239 e. The molecule has 1 aliphatic heterocycles. The summed E-state index contributed by atoms with van der Waals surface area (Å²) in [6.45, 7) is 1.55. The van der Waals surface area contributed by atoms with Gasteiger partial charge in [-0.25, -0.2) is 0 Å². The Hall–Kier alpha value is -1.84. The lowest BCUT2D eigenvalue weighted by molar-refractivity contribution is -0.137. The Balaban J connectivity index is 1.84. The van der Waals surface area contributed by atoms with Crippen molar-refractivity contribution < 1.29 is 9.59 Å². The second-order valence-electron chi connectivity index (χ2n) is 6.40. The molecule has 0 radical (unpaired) electrons. The van der Waals surface area contributed by atoms with Crippen LogP contribution in [0.25, 0.3) is 0 Å². The number of hydrogen-bond donors (Lipinski definition) is 1. The van der Waals surface area contributed by atoms with E-state index in [0.717, 1.165) is 24.8 Å². The molecule has 1 aromatic carbocycles. The third-order valence-corrected chi connectivity index (χ3v) is 4.87. The van der Waals surface area contributed by atoms with Gasteiger partial charge in [0.2, 0.25) is 11.8 Å². The van der Waals surface area contributed by atoms with Gasteiger partial charge in [0.05, 0.1) is 12.5 Å². The van der Waals surface area contributed by atoms with E-state index in [9.17, 15) is 9.59 Å². The predicted octanol–water partition coefficient (Wildman–Crippen LogP) is 2.31. The van der Waals surface area contributed by atoms with Crippen molar-refractivity contribution >= 4 is 11.8 Å². The molecule has 1 saturated carbocycles. The molecular formula is C18H24N2O2. The maximum Gasteiger partial charge on any atom is 0.239 e. The first-order valence-electron chi connectivity index (χ1n) is 8.36. The van der Waals surface area contributed by atoms with E-state index < -0.39 is 0 Å². The van der Waals surface area contributed by atoms with Crippen molar-refractivity contribution in [1.29, 1.82) is 0 Å². The number of benzene rings is 1. The zero-order chi connectivity index (χ0) is 15.4. The fourth-order valence-electron chi connectivity index (χ4n) is 3.76. The summed E-state index contributed by atoms with van der Waals surface area (Å²) in [7, 11) is 0. The maximum absolute atomic E-state index is 13.1. The van der Waals surface area contributed by atoms with Crippen molar-refractivity contribution in [1.82, 2.24) is 10.2 Å². The second-order valence-corrected chi connectivity index (χ2v) is 6.40. The molecule has 0 spiro atoms. The van der Waals surface area contributed by atoms with E-state index in [1.54, 1.807) is 4.90 Å². The molecule has 1 aliphatic carbocycles. The molecule has 4 heteroatoms. The summed E-state index contributed by atoms with van der Waals surface area (Å²) in [4.78, 5) is 26.7. The van der Waals surface area contributed by atoms with Gasteiger partial charge in [0, 0.05) is 13.1 Å². The van der Waals surface area contributed by atoms with E-state index in [4.69, 9.17) is 0 Å². The van der Waals surface area contributed by atoms with Crippen LogP contribution in [0.15, 0.2) is 30.3 Å². The molecule has 0 unspecified atom stereocenters. The van der Waals surface area contributed by atoms with Gasteiger partial charge in [0.1, 0.15) is 0 Å². The fraction of sp³-hybridized carbons (Fsp3) is 0.556. The van der Waals surface area contributed by atoms with Crippen molar-refractivity contribution in [3.05, 3.63) is 35.9 Å². The molecule has 1 heterocycles. The van der Waals surface area contributed by atoms with Gasteiger partial charge in [-0.2, -0.15) is 0 Å². The number of hydrogen-bond acceptors (Lipinski definition) is 2. The number of carbonyl (C=O) groups excluding carboxylic acids is 2. The first-order valence-corrected chi connectivity index (χ1v) is 8.36. The molecule has 2 amide bonds. The van der Waals surface area contributed by atoms with Gasteiger partial charge < -0.3 is 10.2 Å². The fourth-order valence-corrected chi connectivity index (χ4v) is 3.76. The molecule has 22 heavy (non-hydrogen) atoms. The van der Waals surface area contributed by atoms with E-state index in [1.807, 2.05) is 18.2 Å². The minimum absolute atomic E-state index is 0.0379. The monoisotopic (exact) mass is 300 g/mol. The highest BCUT2D eigenvalue weighted by Gasteiger charge is 2.35. The standard InChI is InChI=1S/C18H24N2O2/c21-16-13-20(12-6-11-19-16)18(22)17(15-9-4-5-10-15)14-7-2-1-3-8-14/h1-3,7-8,15,17H,4-6,9-13H2,(H,19,21)/t17-/m0/s1. The average molecular weight is 300 g/mol. The van der Waals surface area contributed by atoms with Gasteiger partial charge in [-0.1, -0.05) is 43.2 Å². The largest absolute Gasteiger partial charge is 0.354 e. The SMILES string of the molecule is O=C1CN(C(=O)[C@@H](c2ccccc2)C2CCCC2)CCCN1. The molecular weight excluding hydrogens is 276 g/mol. The Morgan fingerprint density at radius 3 is 2.59 bits per heavy atom. The van der Waals surface area contributed by atoms with Gasteiger partial charge in [-0.05, 0) is 30.7 Å². The highest BCUT2D eigenvalue weighted by Crippen LogP contribution is 2.38. The molecule has 3 rings (SSSR count). The van der Waals surface area contributed by atoms with Crippen LogP contribution in [0.4, 0.5) is 0 Å². The molecule has 1 atom stereocenters. The third-order valence-electron chi connectivity index (χ3n) is 4.87. The van der Waals surface area contributed by atoms with Crippen molar-refractivity contribution in [2.24, 2.45) is 5.92 Å². The third kappa shape index (κ3) is 3.32. The molecule has 1 saturated heterocycles. The summed E-state index contributed by atoms with van der Waals surface area (Å²) in [6.07, 6.45) is 5.49. The first-order chi connectivity index (χ1) is 10.8. The van der Waals surface area contributed by atoms with E-state index in [0.29, 0.717) is 19.0 Å². The molecule has 4 nitrogen and oxygen atoms in total. The normalized spacial score (nSPS) is 21.3. The highest BCUT2D eigenvalue weighted by molar-refractivity contribution is 5.89. The van der Waals surface area contributed by atoms with E-state index in [2.05, 4.69) is 17.4 Å². The molecule has 118 valence electrons. The summed E-state index contributed by atoms with van der Waals surface area (Å²) < 4.78 is 0. The summed E-state index contributed by atoms with van der Waals surface area (Å²) in [5.74, 6) is 0.426. The Morgan fingerprint density at radius 2 is 1.86 bits per heavy atom. The summed E-state index contributed by atoms with van der Waals surface area (Å²) in [5, 5.41) is 2.84. The minimum atomic E-state index is -0.0883. The first kappa shape index (κ1) is 15.1. The maximum atomic E-state index is 13.1. The second kappa shape index (κ2) is 6.95. The zero-order valence-electron chi connectivity index (χ0n) is 13.0. The average Bonchev–Trinajstić information content (AvgIpc) is 2.96. The van der Waals surface area contributed by atoms with Gasteiger partial charge in [-0.3, -0.25) is 9.59 Å². The Kier molecular flexibility index (Phi) is 4.76. The van der Waals surface area contributed by atoms with Crippen molar-refractivity contribution in [3.8, 4) is 0 Å². The van der Waals surface area contributed by atoms with Gasteiger partial charge in [0.15, 0.2) is 0 Å². The van der Waals surface area contributed by atoms with Crippen LogP contribution in [0, 0.1) is 5.92 Å². The predicted molar refractivity (Wildman–Crippen MR) is 85.3 cm³/mol. The highest BCUT2D eigenvalue weighted by atomic mass is 16.2. The quantitative estimate of drug-likeness (QED) is 0.931. The lowest BCUT2D eigenvalue weighted by Gasteiger charge is -2.29. The van der Waals surface area contributed by atoms with Gasteiger partial charge >= 0.3 is 0 Å². The van der Waals surface area contributed by atoms with Crippen LogP contribution in [0.2, 0.25) is 0 Å². The zero-order valence-corrected chi connectivity index (χ0v) is 13.0. The van der Waals surface area contributed by atoms with Gasteiger partial charge in [-0.15, -0.1) is 0 Å². The number of rotatable bonds is 3. The molecule has 2 aliphatic rings. The van der Waals surface area contributed by atoms with Crippen LogP contribution in [-0.2, 0) is 9.59 Å². The molecule has 0 bridgehead atoms. The lowest BCUT2D eigenvalue weighted by Crippen LogP contribution is -2.41. The summed E-state index contributed by atoms with van der Waals surface area (Å²) in [5.41, 5.74) is 1.10. The summed E-state index contributed by atoms with van der Waals surface area (Å²) >= 11 is 0. The number of nitrogens with one attached hydrogen (secondary N) is 1. The minimum Gasteiger partial charge on any atom is -0.354 e. The molecule has 1 aromatic rings. The number of carbonyl (C=O) groups is 2. The van der Waals surface area contributed by atoms with Gasteiger partial charge in [0.25, 0.3) is 0 Å². The molecule has 2 fully saturated rings. The van der Waals surface area contributed by atoms with Crippen LogP contribution in [0.3, 0.4) is 0 Å². The van der Waals surface area contributed by atoms with Crippen molar-refractivity contribution in [2.75, 3.05) is 19.6 Å². The van der Waals surface area contributed by atoms with Crippen LogP contribution >= 0.6 is 0 Å². The van der Waals surface area contributed by atoms with E-state index in [-0.39, 0.29) is 24.3 Å². The molecule has 0 aromatic heterocycles. The summed E-state index contributed by atoms with van der Waals surface area (Å²) in [6, 6.07) is 10.1. The van der Waals surface area contributed by atoms with Crippen molar-refractivity contribution in [3.63, 3.8) is 0 Å². The van der Waals surface area contributed by atoms with E-state index in [1.165, 1.54) is 12.8 Å². The van der Waals surface area contributed by atoms with E-state index >= 15 is 0 Å². The van der Waals surface area contributed by atoms with Crippen LogP contribution in [-0.4, -0.2) is 36.3 Å². The van der Waals surface area contributed by atoms with Crippen LogP contribution in [0.5, 0.6) is 0 Å². The lowest BCUT2D eigenvalue weighted by atomic mass is 9.83.